The zero-order chi connectivity index (χ0) is 13.7. The van der Waals surface area contributed by atoms with Crippen LogP contribution in [-0.4, -0.2) is 43.0 Å². The van der Waals surface area contributed by atoms with E-state index in [-0.39, 0.29) is 30.7 Å². The number of hydrogen-bond acceptors (Lipinski definition) is 3. The molecule has 0 bridgehead atoms. The van der Waals surface area contributed by atoms with Crippen LogP contribution in [0.5, 0.6) is 0 Å². The smallest absolute Gasteiger partial charge is 0.240 e. The van der Waals surface area contributed by atoms with Gasteiger partial charge in [-0.2, -0.15) is 0 Å². The van der Waals surface area contributed by atoms with Crippen molar-refractivity contribution in [3.05, 3.63) is 0 Å². The van der Waals surface area contributed by atoms with E-state index in [4.69, 9.17) is 5.73 Å². The molecule has 6 heteroatoms. The Bertz CT molecular complexity index is 301. The molecule has 2 aliphatic rings. The van der Waals surface area contributed by atoms with Crippen LogP contribution in [0, 0.1) is 5.92 Å². The first-order valence-corrected chi connectivity index (χ1v) is 7.86. The van der Waals surface area contributed by atoms with Crippen molar-refractivity contribution in [1.82, 2.24) is 10.2 Å². The van der Waals surface area contributed by atoms with E-state index in [0.717, 1.165) is 44.6 Å². The molecule has 2 rings (SSSR count). The number of nitrogens with two attached hydrogens (primary N) is 1. The Labute approximate surface area is 141 Å². The van der Waals surface area contributed by atoms with Gasteiger partial charge in [0.2, 0.25) is 5.91 Å². The lowest BCUT2D eigenvalue weighted by atomic mass is 9.82. The topological polar surface area (TPSA) is 58.4 Å². The number of nitrogens with one attached hydrogen (secondary N) is 1. The molecule has 1 aliphatic heterocycles. The molecule has 3 N–H and O–H groups in total. The molecule has 1 aliphatic carbocycles. The standard InChI is InChI=1S/C15H29N3O.2ClH/c1-18-11-6-13(7-12-18)5-10-17-14(19)15(16)8-3-2-4-9-15;;/h13H,2-12,16H2,1H3,(H,17,19);2*1H. The van der Waals surface area contributed by atoms with Crippen LogP contribution in [-0.2, 0) is 4.79 Å². The second-order valence-corrected chi connectivity index (χ2v) is 6.51. The van der Waals surface area contributed by atoms with Crippen molar-refractivity contribution in [3.8, 4) is 0 Å². The van der Waals surface area contributed by atoms with Gasteiger partial charge in [-0.25, -0.2) is 0 Å². The Balaban J connectivity index is 0.00000200. The first kappa shape index (κ1) is 21.0. The summed E-state index contributed by atoms with van der Waals surface area (Å²) in [4.78, 5) is 14.6. The van der Waals surface area contributed by atoms with E-state index >= 15 is 0 Å². The van der Waals surface area contributed by atoms with Gasteiger partial charge >= 0.3 is 0 Å². The maximum absolute atomic E-state index is 12.2. The summed E-state index contributed by atoms with van der Waals surface area (Å²) in [6, 6.07) is 0. The van der Waals surface area contributed by atoms with Crippen LogP contribution in [0.2, 0.25) is 0 Å². The third kappa shape index (κ3) is 6.31. The summed E-state index contributed by atoms with van der Waals surface area (Å²) >= 11 is 0. The highest BCUT2D eigenvalue weighted by atomic mass is 35.5. The zero-order valence-corrected chi connectivity index (χ0v) is 14.7. The van der Waals surface area contributed by atoms with E-state index in [0.29, 0.717) is 0 Å². The van der Waals surface area contributed by atoms with E-state index in [1.54, 1.807) is 0 Å². The van der Waals surface area contributed by atoms with E-state index in [9.17, 15) is 4.79 Å². The average Bonchev–Trinajstić information content (AvgIpc) is 2.42. The highest BCUT2D eigenvalue weighted by Gasteiger charge is 2.34. The number of likely N-dealkylation sites (tertiary alicyclic amines) is 1. The first-order valence-electron chi connectivity index (χ1n) is 7.86. The summed E-state index contributed by atoms with van der Waals surface area (Å²) in [6.07, 6.45) is 8.76. The van der Waals surface area contributed by atoms with Crippen LogP contribution < -0.4 is 11.1 Å². The highest BCUT2D eigenvalue weighted by molar-refractivity contribution is 5.86. The fraction of sp³-hybridized carbons (Fsp3) is 0.933. The molecule has 0 atom stereocenters. The number of halogens is 2. The molecule has 126 valence electrons. The molecular weight excluding hydrogens is 309 g/mol. The minimum Gasteiger partial charge on any atom is -0.354 e. The van der Waals surface area contributed by atoms with Crippen molar-refractivity contribution >= 4 is 30.7 Å². The van der Waals surface area contributed by atoms with Gasteiger partial charge in [0, 0.05) is 6.54 Å². The lowest BCUT2D eigenvalue weighted by Crippen LogP contribution is -2.55. The zero-order valence-electron chi connectivity index (χ0n) is 13.1. The number of carbonyl (C=O) groups excluding carboxylic acids is 1. The van der Waals surface area contributed by atoms with Gasteiger partial charge in [-0.05, 0) is 58.2 Å². The molecule has 0 aromatic heterocycles. The molecular formula is C15H31Cl2N3O. The second kappa shape index (κ2) is 9.88. The Morgan fingerprint density at radius 2 is 1.76 bits per heavy atom. The van der Waals surface area contributed by atoms with Crippen LogP contribution in [0.1, 0.15) is 51.4 Å². The number of amides is 1. The lowest BCUT2D eigenvalue weighted by Gasteiger charge is -2.32. The molecule has 1 saturated carbocycles. The lowest BCUT2D eigenvalue weighted by molar-refractivity contribution is -0.127. The van der Waals surface area contributed by atoms with Gasteiger partial charge in [0.1, 0.15) is 0 Å². The summed E-state index contributed by atoms with van der Waals surface area (Å²) in [5.74, 6) is 0.858. The normalized spacial score (nSPS) is 22.8. The Kier molecular flexibility index (Phi) is 9.87. The van der Waals surface area contributed by atoms with E-state index < -0.39 is 5.54 Å². The summed E-state index contributed by atoms with van der Waals surface area (Å²) in [5.41, 5.74) is 5.64. The van der Waals surface area contributed by atoms with Gasteiger partial charge in [0.25, 0.3) is 0 Å². The summed E-state index contributed by atoms with van der Waals surface area (Å²) < 4.78 is 0. The van der Waals surface area contributed by atoms with Crippen LogP contribution >= 0.6 is 24.8 Å². The largest absolute Gasteiger partial charge is 0.354 e. The second-order valence-electron chi connectivity index (χ2n) is 6.51. The third-order valence-corrected chi connectivity index (χ3v) is 4.87. The predicted molar refractivity (Wildman–Crippen MR) is 92.3 cm³/mol. The molecule has 4 nitrogen and oxygen atoms in total. The number of piperidine rings is 1. The van der Waals surface area contributed by atoms with Crippen molar-refractivity contribution in [2.75, 3.05) is 26.7 Å². The van der Waals surface area contributed by atoms with Crippen molar-refractivity contribution in [2.45, 2.75) is 56.9 Å². The van der Waals surface area contributed by atoms with Gasteiger partial charge < -0.3 is 16.0 Å². The molecule has 1 saturated heterocycles. The molecule has 0 radical (unpaired) electrons. The Morgan fingerprint density at radius 1 is 1.19 bits per heavy atom. The molecule has 1 heterocycles. The van der Waals surface area contributed by atoms with Gasteiger partial charge in [-0.1, -0.05) is 19.3 Å². The van der Waals surface area contributed by atoms with Crippen LogP contribution in [0.3, 0.4) is 0 Å². The third-order valence-electron chi connectivity index (χ3n) is 4.87. The maximum Gasteiger partial charge on any atom is 0.240 e. The van der Waals surface area contributed by atoms with E-state index in [1.165, 1.54) is 32.4 Å². The Hall–Kier alpha value is -0.0300. The van der Waals surface area contributed by atoms with Gasteiger partial charge in [-0.15, -0.1) is 24.8 Å². The quantitative estimate of drug-likeness (QED) is 0.826. The predicted octanol–water partition coefficient (Wildman–Crippen LogP) is 2.34. The molecule has 0 spiro atoms. The Morgan fingerprint density at radius 3 is 2.33 bits per heavy atom. The number of carbonyl (C=O) groups is 1. The fourth-order valence-corrected chi connectivity index (χ4v) is 3.33. The summed E-state index contributed by atoms with van der Waals surface area (Å²) in [5, 5.41) is 3.07. The first-order chi connectivity index (χ1) is 9.10. The van der Waals surface area contributed by atoms with E-state index in [1.807, 2.05) is 0 Å². The minimum atomic E-state index is -0.578. The van der Waals surface area contributed by atoms with Gasteiger partial charge in [-0.3, -0.25) is 4.79 Å². The fourth-order valence-electron chi connectivity index (χ4n) is 3.33. The molecule has 0 aromatic carbocycles. The van der Waals surface area contributed by atoms with Crippen LogP contribution in [0.25, 0.3) is 0 Å². The molecule has 2 fully saturated rings. The monoisotopic (exact) mass is 339 g/mol. The van der Waals surface area contributed by atoms with Crippen molar-refractivity contribution in [2.24, 2.45) is 11.7 Å². The SMILES string of the molecule is CN1CCC(CCNC(=O)C2(N)CCCCC2)CC1.Cl.Cl. The van der Waals surface area contributed by atoms with Crippen molar-refractivity contribution in [3.63, 3.8) is 0 Å². The number of rotatable bonds is 4. The van der Waals surface area contributed by atoms with Crippen LogP contribution in [0.4, 0.5) is 0 Å². The highest BCUT2D eigenvalue weighted by Crippen LogP contribution is 2.26. The summed E-state index contributed by atoms with van der Waals surface area (Å²) in [7, 11) is 2.18. The maximum atomic E-state index is 12.2. The van der Waals surface area contributed by atoms with Gasteiger partial charge in [0.05, 0.1) is 5.54 Å². The average molecular weight is 340 g/mol. The molecule has 0 unspecified atom stereocenters. The van der Waals surface area contributed by atoms with Crippen molar-refractivity contribution in [1.29, 1.82) is 0 Å². The van der Waals surface area contributed by atoms with Crippen LogP contribution in [0.15, 0.2) is 0 Å². The molecule has 1 amide bonds. The molecule has 0 aromatic rings. The molecule has 21 heavy (non-hydrogen) atoms. The summed E-state index contributed by atoms with van der Waals surface area (Å²) in [6.45, 7) is 3.19. The van der Waals surface area contributed by atoms with Crippen molar-refractivity contribution < 1.29 is 4.79 Å². The van der Waals surface area contributed by atoms with E-state index in [2.05, 4.69) is 17.3 Å². The van der Waals surface area contributed by atoms with Gasteiger partial charge in [0.15, 0.2) is 0 Å². The number of nitrogens with zero attached hydrogens (tertiary/aromatic N) is 1. The number of hydrogen-bond donors (Lipinski definition) is 2. The minimum absolute atomic E-state index is 0.